The predicted molar refractivity (Wildman–Crippen MR) is 139 cm³/mol. The van der Waals surface area contributed by atoms with Gasteiger partial charge < -0.3 is 24.7 Å². The van der Waals surface area contributed by atoms with E-state index < -0.39 is 42.1 Å². The Labute approximate surface area is 220 Å². The lowest BCUT2D eigenvalue weighted by Gasteiger charge is -2.22. The maximum absolute atomic E-state index is 12.7. The van der Waals surface area contributed by atoms with Crippen molar-refractivity contribution >= 4 is 23.9 Å². The van der Waals surface area contributed by atoms with Crippen molar-refractivity contribution in [2.45, 2.75) is 93.4 Å². The largest absolute Gasteiger partial charge is 0.459 e. The summed E-state index contributed by atoms with van der Waals surface area (Å²) in [7, 11) is 0. The molecule has 0 saturated carbocycles. The molecule has 2 N–H and O–H groups in total. The first kappa shape index (κ1) is 32.1. The van der Waals surface area contributed by atoms with E-state index in [1.54, 1.807) is 40.7 Å². The fraction of sp³-hybridized carbons (Fsp3) is 0.643. The van der Waals surface area contributed by atoms with Gasteiger partial charge >= 0.3 is 23.9 Å². The average Bonchev–Trinajstić information content (AvgIpc) is 2.83. The average molecular weight is 522 g/mol. The number of carbonyl (C=O) groups is 4. The molecule has 1 aromatic carbocycles. The molecule has 5 atom stereocenters. The number of hydrogen-bond acceptors (Lipinski definition) is 9. The van der Waals surface area contributed by atoms with Gasteiger partial charge in [0.1, 0.15) is 18.2 Å². The second-order valence-electron chi connectivity index (χ2n) is 10.2. The molecule has 9 heteroatoms. The first-order valence-electron chi connectivity index (χ1n) is 12.9. The second-order valence-corrected chi connectivity index (χ2v) is 10.2. The van der Waals surface area contributed by atoms with Crippen LogP contribution in [0.1, 0.15) is 74.3 Å². The van der Waals surface area contributed by atoms with E-state index in [1.165, 1.54) is 12.1 Å². The van der Waals surface area contributed by atoms with Crippen molar-refractivity contribution in [3.05, 3.63) is 23.8 Å². The van der Waals surface area contributed by atoms with Crippen molar-refractivity contribution < 1.29 is 38.1 Å². The highest BCUT2D eigenvalue weighted by Crippen LogP contribution is 2.31. The summed E-state index contributed by atoms with van der Waals surface area (Å²) in [5.74, 6) is -2.40. The molecule has 0 aromatic heterocycles. The molecule has 0 saturated heterocycles. The highest BCUT2D eigenvalue weighted by molar-refractivity contribution is 5.79. The minimum absolute atomic E-state index is 0.0480. The lowest BCUT2D eigenvalue weighted by Crippen LogP contribution is -2.39. The number of carbonyl (C=O) groups excluding carboxylic acids is 4. The van der Waals surface area contributed by atoms with Gasteiger partial charge in [0.25, 0.3) is 0 Å². The van der Waals surface area contributed by atoms with E-state index in [2.05, 4.69) is 0 Å². The number of ether oxygens (including phenoxy) is 4. The van der Waals surface area contributed by atoms with Gasteiger partial charge in [-0.1, -0.05) is 54.5 Å². The lowest BCUT2D eigenvalue weighted by atomic mass is 9.98. The number of hydrogen-bond donors (Lipinski definition) is 1. The Morgan fingerprint density at radius 2 is 1.22 bits per heavy atom. The number of rotatable bonds is 13. The Balaban J connectivity index is 3.06. The van der Waals surface area contributed by atoms with Crippen LogP contribution in [0.25, 0.3) is 0 Å². The Kier molecular flexibility index (Phi) is 12.8. The Hall–Kier alpha value is -2.94. The summed E-state index contributed by atoms with van der Waals surface area (Å²) in [5.41, 5.74) is 6.66. The summed E-state index contributed by atoms with van der Waals surface area (Å²) < 4.78 is 21.7. The van der Waals surface area contributed by atoms with E-state index in [4.69, 9.17) is 24.7 Å². The van der Waals surface area contributed by atoms with Crippen LogP contribution >= 0.6 is 0 Å². The zero-order chi connectivity index (χ0) is 28.4. The Morgan fingerprint density at radius 3 is 1.70 bits per heavy atom. The van der Waals surface area contributed by atoms with Crippen LogP contribution in [-0.2, 0) is 35.1 Å². The number of esters is 4. The van der Waals surface area contributed by atoms with Crippen LogP contribution < -0.4 is 15.2 Å². The maximum atomic E-state index is 12.7. The van der Waals surface area contributed by atoms with Gasteiger partial charge in [0.2, 0.25) is 0 Å². The topological polar surface area (TPSA) is 131 Å². The summed E-state index contributed by atoms with van der Waals surface area (Å²) in [4.78, 5) is 49.3. The molecule has 37 heavy (non-hydrogen) atoms. The van der Waals surface area contributed by atoms with Gasteiger partial charge in [-0.25, -0.2) is 0 Å². The molecule has 0 aliphatic heterocycles. The van der Waals surface area contributed by atoms with Gasteiger partial charge in [-0.3, -0.25) is 19.2 Å². The molecule has 0 aliphatic rings. The van der Waals surface area contributed by atoms with E-state index in [9.17, 15) is 19.2 Å². The molecule has 1 rings (SSSR count). The van der Waals surface area contributed by atoms with Gasteiger partial charge in [0.05, 0.1) is 11.8 Å². The van der Waals surface area contributed by atoms with Gasteiger partial charge in [-0.2, -0.15) is 0 Å². The summed E-state index contributed by atoms with van der Waals surface area (Å²) in [6, 6.07) is 3.68. The van der Waals surface area contributed by atoms with Gasteiger partial charge in [0, 0.05) is 6.42 Å². The molecule has 0 heterocycles. The molecule has 0 radical (unpaired) electrons. The van der Waals surface area contributed by atoms with Crippen molar-refractivity contribution in [3.8, 4) is 11.5 Å². The highest BCUT2D eigenvalue weighted by atomic mass is 16.6. The standard InChI is InChI=1S/C28H43NO8/c1-10-25(30)34-19(8)20(9)35-28(33)22(29)13-21-11-12-23(36-26(31)17(6)15(2)3)24(14-21)37-27(32)18(7)16(4)5/h11-12,14-20,22H,10,13,29H2,1-9H3/t17?,18?,19-,20-,22-/m0/s1. The normalized spacial score (nSPS) is 15.4. The van der Waals surface area contributed by atoms with Crippen LogP contribution in [0.4, 0.5) is 0 Å². The van der Waals surface area contributed by atoms with Gasteiger partial charge in [-0.05, 0) is 49.8 Å². The van der Waals surface area contributed by atoms with Crippen LogP contribution in [0.5, 0.6) is 11.5 Å². The monoisotopic (exact) mass is 521 g/mol. The molecule has 208 valence electrons. The van der Waals surface area contributed by atoms with Gasteiger partial charge in [0.15, 0.2) is 11.5 Å². The van der Waals surface area contributed by atoms with E-state index in [1.807, 2.05) is 27.7 Å². The van der Waals surface area contributed by atoms with Gasteiger partial charge in [-0.15, -0.1) is 0 Å². The van der Waals surface area contributed by atoms with E-state index >= 15 is 0 Å². The minimum atomic E-state index is -1.02. The molecule has 0 aliphatic carbocycles. The third kappa shape index (κ3) is 10.1. The molecule has 0 fully saturated rings. The van der Waals surface area contributed by atoms with E-state index in [0.29, 0.717) is 5.56 Å². The summed E-state index contributed by atoms with van der Waals surface area (Å²) in [5, 5.41) is 0. The van der Waals surface area contributed by atoms with Crippen molar-refractivity contribution in [3.63, 3.8) is 0 Å². The predicted octanol–water partition coefficient (Wildman–Crippen LogP) is 4.22. The number of nitrogens with two attached hydrogens (primary N) is 1. The van der Waals surface area contributed by atoms with Crippen LogP contribution in [0, 0.1) is 23.7 Å². The minimum Gasteiger partial charge on any atom is -0.459 e. The van der Waals surface area contributed by atoms with Crippen LogP contribution in [0.15, 0.2) is 18.2 Å². The second kappa shape index (κ2) is 14.7. The Morgan fingerprint density at radius 1 is 0.730 bits per heavy atom. The molecule has 2 unspecified atom stereocenters. The summed E-state index contributed by atoms with van der Waals surface area (Å²) >= 11 is 0. The van der Waals surface area contributed by atoms with Crippen LogP contribution in [-0.4, -0.2) is 42.1 Å². The molecule has 0 bridgehead atoms. The highest BCUT2D eigenvalue weighted by Gasteiger charge is 2.26. The van der Waals surface area contributed by atoms with E-state index in [-0.39, 0.29) is 48.0 Å². The zero-order valence-electron chi connectivity index (χ0n) is 23.5. The van der Waals surface area contributed by atoms with E-state index in [0.717, 1.165) is 0 Å². The van der Waals surface area contributed by atoms with Crippen molar-refractivity contribution in [1.82, 2.24) is 0 Å². The Bertz CT molecular complexity index is 942. The molecule has 1 aromatic rings. The van der Waals surface area contributed by atoms with Crippen molar-refractivity contribution in [2.24, 2.45) is 29.4 Å². The molecule has 0 amide bonds. The van der Waals surface area contributed by atoms with Crippen LogP contribution in [0.3, 0.4) is 0 Å². The van der Waals surface area contributed by atoms with Crippen molar-refractivity contribution in [2.75, 3.05) is 0 Å². The first-order chi connectivity index (χ1) is 17.2. The summed E-state index contributed by atoms with van der Waals surface area (Å²) in [6.45, 7) is 16.1. The quantitative estimate of drug-likeness (QED) is 0.299. The lowest BCUT2D eigenvalue weighted by molar-refractivity contribution is -0.166. The SMILES string of the molecule is CCC(=O)O[C@@H](C)[C@H](C)OC(=O)[C@@H](N)Cc1ccc(OC(=O)C(C)C(C)C)c(OC(=O)C(C)C(C)C)c1. The summed E-state index contributed by atoms with van der Waals surface area (Å²) in [6.07, 6.45) is -1.02. The smallest absolute Gasteiger partial charge is 0.323 e. The molecule has 0 spiro atoms. The van der Waals surface area contributed by atoms with Crippen LogP contribution in [0.2, 0.25) is 0 Å². The number of benzene rings is 1. The first-order valence-corrected chi connectivity index (χ1v) is 12.9. The fourth-order valence-electron chi connectivity index (χ4n) is 2.88. The third-order valence-electron chi connectivity index (χ3n) is 6.50. The molecular weight excluding hydrogens is 478 g/mol. The maximum Gasteiger partial charge on any atom is 0.323 e. The van der Waals surface area contributed by atoms with Crippen molar-refractivity contribution in [1.29, 1.82) is 0 Å². The molecule has 9 nitrogen and oxygen atoms in total. The third-order valence-corrected chi connectivity index (χ3v) is 6.50. The fourth-order valence-corrected chi connectivity index (χ4v) is 2.88. The molecular formula is C28H43NO8. The zero-order valence-corrected chi connectivity index (χ0v) is 23.5.